The fraction of sp³-hybridized carbons (Fsp3) is 0.684. The molecule has 1 aliphatic rings. The van der Waals surface area contributed by atoms with Crippen LogP contribution in [0.4, 0.5) is 0 Å². The maximum atomic E-state index is 3.76. The summed E-state index contributed by atoms with van der Waals surface area (Å²) in [6.07, 6.45) is 10.6. The van der Waals surface area contributed by atoms with Gasteiger partial charge in [-0.25, -0.2) is 0 Å². The molecule has 20 heavy (non-hydrogen) atoms. The van der Waals surface area contributed by atoms with Crippen molar-refractivity contribution in [1.29, 1.82) is 0 Å². The van der Waals surface area contributed by atoms with E-state index in [1.54, 1.807) is 11.1 Å². The fourth-order valence-electron chi connectivity index (χ4n) is 3.33. The van der Waals surface area contributed by atoms with Gasteiger partial charge in [0.15, 0.2) is 0 Å². The van der Waals surface area contributed by atoms with Gasteiger partial charge in [-0.05, 0) is 62.6 Å². The van der Waals surface area contributed by atoms with E-state index in [0.29, 0.717) is 12.1 Å². The van der Waals surface area contributed by atoms with Gasteiger partial charge in [-0.2, -0.15) is 0 Å². The minimum atomic E-state index is 0.471. The second-order valence-corrected chi connectivity index (χ2v) is 6.52. The van der Waals surface area contributed by atoms with Gasteiger partial charge in [0.25, 0.3) is 0 Å². The summed E-state index contributed by atoms with van der Waals surface area (Å²) in [5.74, 6) is 0. The summed E-state index contributed by atoms with van der Waals surface area (Å²) in [5, 5.41) is 3.76. The standard InChI is InChI=1S/C19H31N/c1-4-5-6-9-15(2)20-16(3)18-13-12-17-10-7-8-11-19(17)14-18/h12-16,20H,4-11H2,1-3H3. The zero-order valence-electron chi connectivity index (χ0n) is 13.5. The van der Waals surface area contributed by atoms with Gasteiger partial charge in [0, 0.05) is 12.1 Å². The Morgan fingerprint density at radius 2 is 1.80 bits per heavy atom. The predicted molar refractivity (Wildman–Crippen MR) is 88.2 cm³/mol. The van der Waals surface area contributed by atoms with Crippen LogP contribution in [0.3, 0.4) is 0 Å². The van der Waals surface area contributed by atoms with Gasteiger partial charge in [0.1, 0.15) is 0 Å². The Balaban J connectivity index is 1.90. The molecule has 0 spiro atoms. The second kappa shape index (κ2) is 7.83. The molecule has 1 aliphatic carbocycles. The number of aryl methyl sites for hydroxylation is 2. The molecular formula is C19H31N. The Morgan fingerprint density at radius 1 is 1.05 bits per heavy atom. The lowest BCUT2D eigenvalue weighted by molar-refractivity contribution is 0.440. The third-order valence-electron chi connectivity index (χ3n) is 4.65. The molecule has 0 amide bonds. The number of fused-ring (bicyclic) bond motifs is 1. The Labute approximate surface area is 125 Å². The molecule has 0 aliphatic heterocycles. The average Bonchev–Trinajstić information content (AvgIpc) is 2.47. The summed E-state index contributed by atoms with van der Waals surface area (Å²) in [7, 11) is 0. The van der Waals surface area contributed by atoms with E-state index >= 15 is 0 Å². The normalized spacial score (nSPS) is 17.6. The molecule has 0 aromatic heterocycles. The van der Waals surface area contributed by atoms with Crippen LogP contribution in [0.1, 0.15) is 82.0 Å². The number of unbranched alkanes of at least 4 members (excludes halogenated alkanes) is 2. The molecule has 0 bridgehead atoms. The van der Waals surface area contributed by atoms with Crippen molar-refractivity contribution in [3.8, 4) is 0 Å². The van der Waals surface area contributed by atoms with Gasteiger partial charge in [-0.1, -0.05) is 44.4 Å². The molecule has 0 saturated heterocycles. The lowest BCUT2D eigenvalue weighted by Crippen LogP contribution is -2.29. The SMILES string of the molecule is CCCCCC(C)NC(C)c1ccc2c(c1)CCCC2. The highest BCUT2D eigenvalue weighted by Gasteiger charge is 2.13. The molecule has 2 atom stereocenters. The first-order chi connectivity index (χ1) is 9.70. The van der Waals surface area contributed by atoms with Crippen molar-refractivity contribution in [2.75, 3.05) is 0 Å². The first kappa shape index (κ1) is 15.6. The van der Waals surface area contributed by atoms with Gasteiger partial charge in [-0.3, -0.25) is 0 Å². The van der Waals surface area contributed by atoms with Crippen LogP contribution < -0.4 is 5.32 Å². The quantitative estimate of drug-likeness (QED) is 0.675. The van der Waals surface area contributed by atoms with E-state index in [-0.39, 0.29) is 0 Å². The topological polar surface area (TPSA) is 12.0 Å². The van der Waals surface area contributed by atoms with E-state index in [4.69, 9.17) is 0 Å². The van der Waals surface area contributed by atoms with Crippen LogP contribution in [0.5, 0.6) is 0 Å². The maximum Gasteiger partial charge on any atom is 0.0294 e. The molecule has 0 heterocycles. The van der Waals surface area contributed by atoms with Crippen molar-refractivity contribution in [2.45, 2.75) is 84.2 Å². The average molecular weight is 273 g/mol. The van der Waals surface area contributed by atoms with E-state index in [1.165, 1.54) is 56.9 Å². The highest BCUT2D eigenvalue weighted by molar-refractivity contribution is 5.35. The van der Waals surface area contributed by atoms with Gasteiger partial charge < -0.3 is 5.32 Å². The summed E-state index contributed by atoms with van der Waals surface area (Å²) < 4.78 is 0. The smallest absolute Gasteiger partial charge is 0.0294 e. The molecule has 0 radical (unpaired) electrons. The van der Waals surface area contributed by atoms with Crippen LogP contribution in [0.15, 0.2) is 18.2 Å². The van der Waals surface area contributed by atoms with E-state index < -0.39 is 0 Å². The first-order valence-corrected chi connectivity index (χ1v) is 8.58. The molecule has 0 saturated carbocycles. The Bertz CT molecular complexity index is 410. The summed E-state index contributed by atoms with van der Waals surface area (Å²) in [6, 6.07) is 8.24. The monoisotopic (exact) mass is 273 g/mol. The number of hydrogen-bond donors (Lipinski definition) is 1. The maximum absolute atomic E-state index is 3.76. The van der Waals surface area contributed by atoms with Crippen LogP contribution in [0.25, 0.3) is 0 Å². The summed E-state index contributed by atoms with van der Waals surface area (Å²) >= 11 is 0. The zero-order chi connectivity index (χ0) is 14.4. The Morgan fingerprint density at radius 3 is 2.55 bits per heavy atom. The van der Waals surface area contributed by atoms with Crippen molar-refractivity contribution in [2.24, 2.45) is 0 Å². The van der Waals surface area contributed by atoms with E-state index in [1.807, 2.05) is 0 Å². The summed E-state index contributed by atoms with van der Waals surface area (Å²) in [5.41, 5.74) is 4.65. The predicted octanol–water partition coefficient (Wildman–Crippen LogP) is 5.18. The minimum Gasteiger partial charge on any atom is -0.308 e. The lowest BCUT2D eigenvalue weighted by atomic mass is 9.89. The molecule has 0 fully saturated rings. The number of rotatable bonds is 7. The van der Waals surface area contributed by atoms with Crippen LogP contribution in [-0.4, -0.2) is 6.04 Å². The fourth-order valence-corrected chi connectivity index (χ4v) is 3.33. The number of nitrogens with one attached hydrogen (secondary N) is 1. The van der Waals surface area contributed by atoms with Gasteiger partial charge in [0.05, 0.1) is 0 Å². The van der Waals surface area contributed by atoms with Crippen molar-refractivity contribution in [3.05, 3.63) is 34.9 Å². The third kappa shape index (κ3) is 4.34. The molecule has 1 N–H and O–H groups in total. The van der Waals surface area contributed by atoms with Crippen LogP contribution in [0, 0.1) is 0 Å². The van der Waals surface area contributed by atoms with Crippen molar-refractivity contribution in [3.63, 3.8) is 0 Å². The van der Waals surface area contributed by atoms with Crippen molar-refractivity contribution in [1.82, 2.24) is 5.32 Å². The second-order valence-electron chi connectivity index (χ2n) is 6.52. The largest absolute Gasteiger partial charge is 0.308 e. The van der Waals surface area contributed by atoms with Crippen LogP contribution in [0.2, 0.25) is 0 Å². The summed E-state index contributed by atoms with van der Waals surface area (Å²) in [4.78, 5) is 0. The van der Waals surface area contributed by atoms with Crippen molar-refractivity contribution < 1.29 is 0 Å². The lowest BCUT2D eigenvalue weighted by Gasteiger charge is -2.23. The first-order valence-electron chi connectivity index (χ1n) is 8.58. The van der Waals surface area contributed by atoms with Gasteiger partial charge in [0.2, 0.25) is 0 Å². The van der Waals surface area contributed by atoms with Gasteiger partial charge in [-0.15, -0.1) is 0 Å². The number of hydrogen-bond acceptors (Lipinski definition) is 1. The van der Waals surface area contributed by atoms with Crippen LogP contribution in [-0.2, 0) is 12.8 Å². The molecule has 112 valence electrons. The Kier molecular flexibility index (Phi) is 6.09. The van der Waals surface area contributed by atoms with Gasteiger partial charge >= 0.3 is 0 Å². The third-order valence-corrected chi connectivity index (χ3v) is 4.65. The van der Waals surface area contributed by atoms with E-state index in [2.05, 4.69) is 44.3 Å². The van der Waals surface area contributed by atoms with Crippen LogP contribution >= 0.6 is 0 Å². The number of benzene rings is 1. The summed E-state index contributed by atoms with van der Waals surface area (Å²) in [6.45, 7) is 6.90. The van der Waals surface area contributed by atoms with Crippen molar-refractivity contribution >= 4 is 0 Å². The highest BCUT2D eigenvalue weighted by Crippen LogP contribution is 2.25. The Hall–Kier alpha value is -0.820. The highest BCUT2D eigenvalue weighted by atomic mass is 14.9. The molecular weight excluding hydrogens is 242 g/mol. The molecule has 1 heteroatoms. The molecule has 2 rings (SSSR count). The molecule has 1 aromatic rings. The molecule has 1 nitrogen and oxygen atoms in total. The molecule has 2 unspecified atom stereocenters. The molecule has 1 aromatic carbocycles. The zero-order valence-corrected chi connectivity index (χ0v) is 13.5. The van der Waals surface area contributed by atoms with E-state index in [9.17, 15) is 0 Å². The minimum absolute atomic E-state index is 0.471. The van der Waals surface area contributed by atoms with E-state index in [0.717, 1.165) is 0 Å².